The van der Waals surface area contributed by atoms with Gasteiger partial charge in [-0.1, -0.05) is 66.3 Å². The van der Waals surface area contributed by atoms with Gasteiger partial charge in [0.05, 0.1) is 0 Å². The number of allylic oxidation sites excluding steroid dienone is 3. The Morgan fingerprint density at radius 3 is 2.05 bits per heavy atom. The van der Waals surface area contributed by atoms with Crippen LogP contribution >= 0.6 is 0 Å². The Morgan fingerprint density at radius 1 is 0.825 bits per heavy atom. The van der Waals surface area contributed by atoms with Crippen LogP contribution in [0.25, 0.3) is 18.2 Å². The molecule has 1 heterocycles. The zero-order valence-electron chi connectivity index (χ0n) is 24.8. The Kier molecular flexibility index (Phi) is 12.7. The van der Waals surface area contributed by atoms with Crippen molar-refractivity contribution in [3.05, 3.63) is 113 Å². The molecule has 0 bridgehead atoms. The van der Waals surface area contributed by atoms with E-state index in [2.05, 4.69) is 146 Å². The lowest BCUT2D eigenvalue weighted by molar-refractivity contribution is -0.697. The van der Waals surface area contributed by atoms with Crippen molar-refractivity contribution in [1.29, 1.82) is 0 Å². The molecular weight excluding hydrogens is 486 g/mol. The molecule has 1 aromatic heterocycles. The van der Waals surface area contributed by atoms with E-state index in [1.54, 1.807) is 0 Å². The minimum absolute atomic E-state index is 0.871. The Balaban J connectivity index is 1.37. The average molecular weight is 532 g/mol. The molecule has 0 spiro atoms. The predicted molar refractivity (Wildman–Crippen MR) is 173 cm³/mol. The van der Waals surface area contributed by atoms with E-state index in [9.17, 15) is 0 Å². The lowest BCUT2D eigenvalue weighted by Crippen LogP contribution is -2.32. The van der Waals surface area contributed by atoms with E-state index < -0.39 is 0 Å². The molecule has 0 radical (unpaired) electrons. The fourth-order valence-corrected chi connectivity index (χ4v) is 4.35. The van der Waals surface area contributed by atoms with Gasteiger partial charge >= 0.3 is 0 Å². The molecular formula is C37H45N3+2. The van der Waals surface area contributed by atoms with Crippen LogP contribution in [0.3, 0.4) is 0 Å². The molecule has 0 N–H and O–H groups in total. The van der Waals surface area contributed by atoms with E-state index in [0.717, 1.165) is 51.0 Å². The highest BCUT2D eigenvalue weighted by Gasteiger charge is 2.03. The van der Waals surface area contributed by atoms with Crippen LogP contribution in [-0.4, -0.2) is 30.9 Å². The van der Waals surface area contributed by atoms with Gasteiger partial charge < -0.3 is 4.90 Å². The van der Waals surface area contributed by atoms with Gasteiger partial charge in [-0.25, -0.2) is 4.57 Å². The van der Waals surface area contributed by atoms with E-state index >= 15 is 0 Å². The third-order valence-corrected chi connectivity index (χ3v) is 6.95. The van der Waals surface area contributed by atoms with Gasteiger partial charge in [-0.3, -0.25) is 0 Å². The van der Waals surface area contributed by atoms with Crippen molar-refractivity contribution < 1.29 is 9.14 Å². The molecule has 206 valence electrons. The van der Waals surface area contributed by atoms with Crippen LogP contribution in [0.2, 0.25) is 0 Å². The zero-order chi connectivity index (χ0) is 28.6. The summed E-state index contributed by atoms with van der Waals surface area (Å²) in [5.74, 6) is 3.23. The first-order chi connectivity index (χ1) is 19.5. The quantitative estimate of drug-likeness (QED) is 0.0546. The van der Waals surface area contributed by atoms with Gasteiger partial charge in [0.15, 0.2) is 18.9 Å². The molecule has 0 amide bonds. The molecule has 0 fully saturated rings. The number of benzene rings is 2. The van der Waals surface area contributed by atoms with Gasteiger partial charge in [-0.2, -0.15) is 4.58 Å². The molecule has 40 heavy (non-hydrogen) atoms. The van der Waals surface area contributed by atoms with Crippen molar-refractivity contribution in [1.82, 2.24) is 0 Å². The summed E-state index contributed by atoms with van der Waals surface area (Å²) in [4.78, 5) is 2.36. The standard InChI is InChI=1S/C37H45N3/c1-6-33(16-17-34-14-12-32(4)13-15-34)24-29-38(5)27-10-9-11-28-39-30-25-36(26-31-39)19-18-35-20-22-37(23-21-35)40(7-2)8-3/h6,12-23,25-26,30-31H,5,7-11,27-28H2,1-4H3/q+2/b17-16+,33-6-. The van der Waals surface area contributed by atoms with Crippen LogP contribution in [0.15, 0.2) is 90.8 Å². The molecule has 0 saturated heterocycles. The number of aryl methyl sites for hydroxylation is 2. The van der Waals surface area contributed by atoms with E-state index in [0.29, 0.717) is 0 Å². The molecule has 0 unspecified atom stereocenters. The van der Waals surface area contributed by atoms with Crippen LogP contribution in [-0.2, 0) is 6.54 Å². The first-order valence-electron chi connectivity index (χ1n) is 14.5. The van der Waals surface area contributed by atoms with Gasteiger partial charge in [0, 0.05) is 55.2 Å². The molecule has 0 aliphatic rings. The van der Waals surface area contributed by atoms with E-state index in [4.69, 9.17) is 0 Å². The number of anilines is 1. The fraction of sp³-hybridized carbons (Fsp3) is 0.297. The SMILES string of the molecule is C=[N+](C#CC(=C\C)/C=C/c1ccc(C)cc1)CCCCC[n+]1ccc(/C=C/c2ccc(N(CC)CC)cc2)cc1. The highest BCUT2D eigenvalue weighted by molar-refractivity contribution is 5.70. The number of hydrogen-bond donors (Lipinski definition) is 0. The molecule has 2 aromatic carbocycles. The van der Waals surface area contributed by atoms with Crippen molar-refractivity contribution in [3.8, 4) is 12.0 Å². The summed E-state index contributed by atoms with van der Waals surface area (Å²) < 4.78 is 4.12. The molecule has 3 aromatic rings. The van der Waals surface area contributed by atoms with E-state index in [1.807, 2.05) is 17.6 Å². The van der Waals surface area contributed by atoms with Crippen molar-refractivity contribution in [2.45, 2.75) is 53.5 Å². The first-order valence-corrected chi connectivity index (χ1v) is 14.5. The summed E-state index contributed by atoms with van der Waals surface area (Å²) in [6.45, 7) is 16.6. The summed E-state index contributed by atoms with van der Waals surface area (Å²) in [6.07, 6.45) is 18.3. The van der Waals surface area contributed by atoms with Gasteiger partial charge in [0.25, 0.3) is 0 Å². The predicted octanol–water partition coefficient (Wildman–Crippen LogP) is 7.80. The van der Waals surface area contributed by atoms with Gasteiger partial charge in [0.2, 0.25) is 6.04 Å². The lowest BCUT2D eigenvalue weighted by atomic mass is 10.1. The monoisotopic (exact) mass is 531 g/mol. The van der Waals surface area contributed by atoms with Crippen molar-refractivity contribution >= 4 is 30.6 Å². The molecule has 3 rings (SSSR count). The highest BCUT2D eigenvalue weighted by atomic mass is 15.1. The maximum atomic E-state index is 4.09. The second-order valence-corrected chi connectivity index (χ2v) is 10.0. The van der Waals surface area contributed by atoms with Gasteiger partial charge in [-0.05, 0) is 69.0 Å². The van der Waals surface area contributed by atoms with Crippen LogP contribution in [0.1, 0.15) is 62.3 Å². The largest absolute Gasteiger partial charge is 0.372 e. The first kappa shape index (κ1) is 30.4. The lowest BCUT2D eigenvalue weighted by Gasteiger charge is -2.20. The number of pyridine rings is 1. The second kappa shape index (κ2) is 16.7. The minimum atomic E-state index is 0.871. The third-order valence-electron chi connectivity index (χ3n) is 6.95. The van der Waals surface area contributed by atoms with Gasteiger partial charge in [-0.15, -0.1) is 0 Å². The smallest absolute Gasteiger partial charge is 0.227 e. The maximum Gasteiger partial charge on any atom is 0.227 e. The van der Waals surface area contributed by atoms with Crippen LogP contribution in [0.5, 0.6) is 0 Å². The Hall–Kier alpha value is -4.16. The normalized spacial score (nSPS) is 11.6. The minimum Gasteiger partial charge on any atom is -0.372 e. The molecule has 0 atom stereocenters. The highest BCUT2D eigenvalue weighted by Crippen LogP contribution is 2.16. The van der Waals surface area contributed by atoms with Crippen LogP contribution < -0.4 is 9.47 Å². The summed E-state index contributed by atoms with van der Waals surface area (Å²) in [5, 5.41) is 0. The summed E-state index contributed by atoms with van der Waals surface area (Å²) in [5.41, 5.74) is 7.16. The Labute approximate surface area is 242 Å². The van der Waals surface area contributed by atoms with E-state index in [-0.39, 0.29) is 0 Å². The zero-order valence-corrected chi connectivity index (χ0v) is 24.8. The topological polar surface area (TPSA) is 10.1 Å². The molecule has 0 saturated carbocycles. The number of hydrogen-bond acceptors (Lipinski definition) is 1. The molecule has 0 aliphatic carbocycles. The van der Waals surface area contributed by atoms with Crippen LogP contribution in [0.4, 0.5) is 5.69 Å². The molecule has 0 aliphatic heterocycles. The Morgan fingerprint density at radius 2 is 1.43 bits per heavy atom. The summed E-state index contributed by atoms with van der Waals surface area (Å²) in [6, 6.07) is 24.8. The third kappa shape index (κ3) is 10.5. The van der Waals surface area contributed by atoms with E-state index in [1.165, 1.54) is 27.9 Å². The van der Waals surface area contributed by atoms with Crippen LogP contribution in [0, 0.1) is 18.9 Å². The van der Waals surface area contributed by atoms with Crippen molar-refractivity contribution in [3.63, 3.8) is 0 Å². The fourth-order valence-electron chi connectivity index (χ4n) is 4.35. The Bertz CT molecular complexity index is 1340. The number of rotatable bonds is 13. The number of nitrogens with zero attached hydrogens (tertiary/aromatic N) is 3. The molecule has 3 nitrogen and oxygen atoms in total. The summed E-state index contributed by atoms with van der Waals surface area (Å²) in [7, 11) is 0. The van der Waals surface area contributed by atoms with Crippen molar-refractivity contribution in [2.75, 3.05) is 24.5 Å². The average Bonchev–Trinajstić information content (AvgIpc) is 2.98. The van der Waals surface area contributed by atoms with Crippen molar-refractivity contribution in [2.24, 2.45) is 0 Å². The summed E-state index contributed by atoms with van der Waals surface area (Å²) >= 11 is 0. The number of aromatic nitrogens is 1. The second-order valence-electron chi connectivity index (χ2n) is 10.0. The maximum absolute atomic E-state index is 4.09. The van der Waals surface area contributed by atoms with Gasteiger partial charge in [0.1, 0.15) is 13.3 Å². The molecule has 3 heteroatoms. The number of unbranched alkanes of at least 4 members (excludes halogenated alkanes) is 2.